The van der Waals surface area contributed by atoms with E-state index in [1.165, 1.54) is 0 Å². The Labute approximate surface area is 70.8 Å². The van der Waals surface area contributed by atoms with Crippen molar-refractivity contribution < 1.29 is 4.79 Å². The van der Waals surface area contributed by atoms with E-state index in [2.05, 4.69) is 10.3 Å². The van der Waals surface area contributed by atoms with Gasteiger partial charge in [-0.3, -0.25) is 4.79 Å². The summed E-state index contributed by atoms with van der Waals surface area (Å²) in [7, 11) is 0. The van der Waals surface area contributed by atoms with Crippen molar-refractivity contribution in [1.29, 1.82) is 0 Å². The Morgan fingerprint density at radius 2 is 2.50 bits per heavy atom. The van der Waals surface area contributed by atoms with Crippen molar-refractivity contribution in [2.24, 2.45) is 5.73 Å². The molecule has 0 atom stereocenters. The van der Waals surface area contributed by atoms with E-state index in [0.717, 1.165) is 6.54 Å². The number of carbonyl (C=O) groups is 1. The summed E-state index contributed by atoms with van der Waals surface area (Å²) in [5.74, 6) is -0.508. The van der Waals surface area contributed by atoms with Crippen LogP contribution in [0.15, 0.2) is 18.3 Å². The zero-order valence-electron chi connectivity index (χ0n) is 6.87. The fraction of sp³-hybridized carbons (Fsp3) is 0.250. The predicted octanol–water partition coefficient (Wildman–Crippen LogP) is 0.612. The minimum absolute atomic E-state index is 0.291. The molecule has 0 radical (unpaired) electrons. The van der Waals surface area contributed by atoms with Gasteiger partial charge in [0.1, 0.15) is 0 Å². The molecule has 0 saturated heterocycles. The molecule has 0 saturated carbocycles. The molecule has 0 bridgehead atoms. The Morgan fingerprint density at radius 3 is 3.08 bits per heavy atom. The van der Waals surface area contributed by atoms with Gasteiger partial charge in [0.15, 0.2) is 5.69 Å². The van der Waals surface area contributed by atoms with Crippen LogP contribution in [0.3, 0.4) is 0 Å². The Bertz CT molecular complexity index is 285. The van der Waals surface area contributed by atoms with E-state index in [-0.39, 0.29) is 0 Å². The number of pyridine rings is 1. The fourth-order valence-electron chi connectivity index (χ4n) is 0.935. The maximum absolute atomic E-state index is 10.8. The van der Waals surface area contributed by atoms with Crippen LogP contribution >= 0.6 is 0 Å². The van der Waals surface area contributed by atoms with E-state index in [1.54, 1.807) is 18.3 Å². The van der Waals surface area contributed by atoms with Crippen LogP contribution in [0.25, 0.3) is 0 Å². The molecule has 4 nitrogen and oxygen atoms in total. The molecule has 1 heterocycles. The zero-order valence-corrected chi connectivity index (χ0v) is 6.87. The standard InChI is InChI=1S/C8H11N3O/c1-2-10-6-4-3-5-11-7(6)8(9)12/h3-5,10H,2H2,1H3,(H2,9,12). The lowest BCUT2D eigenvalue weighted by molar-refractivity contribution is 0.0996. The summed E-state index contributed by atoms with van der Waals surface area (Å²) in [6.07, 6.45) is 1.54. The molecule has 0 fully saturated rings. The molecule has 1 amide bonds. The number of nitrogens with one attached hydrogen (secondary N) is 1. The highest BCUT2D eigenvalue weighted by atomic mass is 16.1. The maximum Gasteiger partial charge on any atom is 0.269 e. The van der Waals surface area contributed by atoms with Gasteiger partial charge in [-0.05, 0) is 19.1 Å². The predicted molar refractivity (Wildman–Crippen MR) is 46.9 cm³/mol. The Morgan fingerprint density at radius 1 is 1.75 bits per heavy atom. The van der Waals surface area contributed by atoms with Gasteiger partial charge >= 0.3 is 0 Å². The minimum Gasteiger partial charge on any atom is -0.383 e. The molecule has 12 heavy (non-hydrogen) atoms. The van der Waals surface area contributed by atoms with Gasteiger partial charge in [0.25, 0.3) is 5.91 Å². The second-order valence-electron chi connectivity index (χ2n) is 2.29. The van der Waals surface area contributed by atoms with Gasteiger partial charge in [0, 0.05) is 12.7 Å². The average molecular weight is 165 g/mol. The second-order valence-corrected chi connectivity index (χ2v) is 2.29. The van der Waals surface area contributed by atoms with Gasteiger partial charge in [0.05, 0.1) is 5.69 Å². The highest BCUT2D eigenvalue weighted by molar-refractivity contribution is 5.96. The molecule has 1 rings (SSSR count). The monoisotopic (exact) mass is 165 g/mol. The van der Waals surface area contributed by atoms with E-state index in [4.69, 9.17) is 5.73 Å². The third-order valence-electron chi connectivity index (χ3n) is 1.41. The largest absolute Gasteiger partial charge is 0.383 e. The first-order valence-corrected chi connectivity index (χ1v) is 3.74. The lowest BCUT2D eigenvalue weighted by Crippen LogP contribution is -2.16. The maximum atomic E-state index is 10.8. The molecule has 0 aliphatic heterocycles. The van der Waals surface area contributed by atoms with Crippen LogP contribution in [0.1, 0.15) is 17.4 Å². The van der Waals surface area contributed by atoms with Crippen molar-refractivity contribution in [2.45, 2.75) is 6.92 Å². The molecular formula is C8H11N3O. The Kier molecular flexibility index (Phi) is 2.63. The fourth-order valence-corrected chi connectivity index (χ4v) is 0.935. The zero-order chi connectivity index (χ0) is 8.97. The highest BCUT2D eigenvalue weighted by Crippen LogP contribution is 2.10. The third-order valence-corrected chi connectivity index (χ3v) is 1.41. The molecule has 64 valence electrons. The molecule has 3 N–H and O–H groups in total. The SMILES string of the molecule is CCNc1cccnc1C(N)=O. The quantitative estimate of drug-likeness (QED) is 0.689. The first kappa shape index (κ1) is 8.52. The van der Waals surface area contributed by atoms with Crippen molar-refractivity contribution >= 4 is 11.6 Å². The van der Waals surface area contributed by atoms with Crippen molar-refractivity contribution in [3.63, 3.8) is 0 Å². The van der Waals surface area contributed by atoms with Gasteiger partial charge in [0.2, 0.25) is 0 Å². The lowest BCUT2D eigenvalue weighted by Gasteiger charge is -2.05. The summed E-state index contributed by atoms with van der Waals surface area (Å²) < 4.78 is 0. The average Bonchev–Trinajstić information content (AvgIpc) is 2.05. The van der Waals surface area contributed by atoms with Crippen molar-refractivity contribution in [1.82, 2.24) is 4.98 Å². The van der Waals surface area contributed by atoms with Crippen LogP contribution in [-0.2, 0) is 0 Å². The van der Waals surface area contributed by atoms with E-state index in [1.807, 2.05) is 6.92 Å². The van der Waals surface area contributed by atoms with Gasteiger partial charge in [-0.2, -0.15) is 0 Å². The number of amides is 1. The highest BCUT2D eigenvalue weighted by Gasteiger charge is 2.06. The third kappa shape index (κ3) is 1.72. The van der Waals surface area contributed by atoms with Gasteiger partial charge < -0.3 is 11.1 Å². The first-order chi connectivity index (χ1) is 5.75. The van der Waals surface area contributed by atoms with Crippen LogP contribution < -0.4 is 11.1 Å². The number of carbonyl (C=O) groups excluding carboxylic acids is 1. The van der Waals surface area contributed by atoms with Crippen LogP contribution in [0.4, 0.5) is 5.69 Å². The van der Waals surface area contributed by atoms with Gasteiger partial charge in [-0.25, -0.2) is 4.98 Å². The number of aromatic nitrogens is 1. The number of rotatable bonds is 3. The molecule has 0 spiro atoms. The molecular weight excluding hydrogens is 154 g/mol. The van der Waals surface area contributed by atoms with Crippen molar-refractivity contribution in [3.05, 3.63) is 24.0 Å². The topological polar surface area (TPSA) is 68.0 Å². The van der Waals surface area contributed by atoms with E-state index < -0.39 is 5.91 Å². The van der Waals surface area contributed by atoms with Crippen LogP contribution in [-0.4, -0.2) is 17.4 Å². The molecule has 1 aromatic rings. The lowest BCUT2D eigenvalue weighted by atomic mass is 10.3. The number of hydrogen-bond donors (Lipinski definition) is 2. The first-order valence-electron chi connectivity index (χ1n) is 3.74. The summed E-state index contributed by atoms with van der Waals surface area (Å²) in [6.45, 7) is 2.68. The van der Waals surface area contributed by atoms with Gasteiger partial charge in [-0.1, -0.05) is 0 Å². The summed E-state index contributed by atoms with van der Waals surface area (Å²) in [4.78, 5) is 14.7. The smallest absolute Gasteiger partial charge is 0.269 e. The number of nitrogens with two attached hydrogens (primary N) is 1. The van der Waals surface area contributed by atoms with Crippen molar-refractivity contribution in [2.75, 3.05) is 11.9 Å². The molecule has 1 aromatic heterocycles. The van der Waals surface area contributed by atoms with Crippen LogP contribution in [0.2, 0.25) is 0 Å². The van der Waals surface area contributed by atoms with Crippen molar-refractivity contribution in [3.8, 4) is 0 Å². The number of primary amides is 1. The van der Waals surface area contributed by atoms with Crippen LogP contribution in [0.5, 0.6) is 0 Å². The van der Waals surface area contributed by atoms with Crippen LogP contribution in [0, 0.1) is 0 Å². The van der Waals surface area contributed by atoms with Gasteiger partial charge in [-0.15, -0.1) is 0 Å². The Hall–Kier alpha value is -1.58. The summed E-state index contributed by atoms with van der Waals surface area (Å²) >= 11 is 0. The van der Waals surface area contributed by atoms with E-state index in [0.29, 0.717) is 11.4 Å². The number of anilines is 1. The normalized spacial score (nSPS) is 9.42. The molecule has 0 aromatic carbocycles. The molecule has 4 heteroatoms. The number of nitrogens with zero attached hydrogens (tertiary/aromatic N) is 1. The molecule has 0 aliphatic rings. The summed E-state index contributed by atoms with van der Waals surface area (Å²) in [5, 5.41) is 2.99. The Balaban J connectivity index is 3.00. The molecule has 0 unspecified atom stereocenters. The summed E-state index contributed by atoms with van der Waals surface area (Å²) in [6, 6.07) is 3.53. The summed E-state index contributed by atoms with van der Waals surface area (Å²) in [5.41, 5.74) is 6.08. The minimum atomic E-state index is -0.508. The number of hydrogen-bond acceptors (Lipinski definition) is 3. The van der Waals surface area contributed by atoms with E-state index in [9.17, 15) is 4.79 Å². The molecule has 0 aliphatic carbocycles. The second kappa shape index (κ2) is 3.71. The van der Waals surface area contributed by atoms with E-state index >= 15 is 0 Å².